The van der Waals surface area contributed by atoms with Crippen LogP contribution in [-0.2, 0) is 4.79 Å². The summed E-state index contributed by atoms with van der Waals surface area (Å²) in [5, 5.41) is 7.24. The fraction of sp³-hybridized carbons (Fsp3) is 0.308. The van der Waals surface area contributed by atoms with Crippen LogP contribution in [0.4, 0.5) is 9.18 Å². The number of carbonyl (C=O) groups excluding carboxylic acids is 2. The smallest absolute Gasteiger partial charge is 0.322 e. The van der Waals surface area contributed by atoms with Gasteiger partial charge in [0.25, 0.3) is 5.91 Å². The van der Waals surface area contributed by atoms with Crippen LogP contribution in [0.25, 0.3) is 0 Å². The van der Waals surface area contributed by atoms with E-state index < -0.39 is 17.5 Å². The number of nitrogens with one attached hydrogen (secondary N) is 1. The molecule has 0 aromatic heterocycles. The molecule has 1 aromatic rings. The van der Waals surface area contributed by atoms with Crippen molar-refractivity contribution >= 4 is 18.2 Å². The molecule has 0 spiro atoms. The Labute approximate surface area is 110 Å². The van der Waals surface area contributed by atoms with Crippen LogP contribution in [-0.4, -0.2) is 28.7 Å². The summed E-state index contributed by atoms with van der Waals surface area (Å²) in [6, 6.07) is 5.03. The van der Waals surface area contributed by atoms with E-state index in [4.69, 9.17) is 0 Å². The quantitative estimate of drug-likeness (QED) is 0.668. The summed E-state index contributed by atoms with van der Waals surface area (Å²) in [7, 11) is 0. The second kappa shape index (κ2) is 4.79. The third kappa shape index (κ3) is 2.47. The first-order valence-corrected chi connectivity index (χ1v) is 5.92. The van der Waals surface area contributed by atoms with Crippen molar-refractivity contribution in [2.75, 3.05) is 0 Å². The fourth-order valence-corrected chi connectivity index (χ4v) is 1.69. The Morgan fingerprint density at radius 2 is 2.00 bits per heavy atom. The molecule has 2 rings (SSSR count). The maximum atomic E-state index is 12.7. The molecule has 0 saturated carbocycles. The zero-order chi connectivity index (χ0) is 14.0. The van der Waals surface area contributed by atoms with Crippen molar-refractivity contribution in [3.63, 3.8) is 0 Å². The van der Waals surface area contributed by atoms with E-state index in [1.165, 1.54) is 30.5 Å². The molecule has 1 aromatic carbocycles. The second-order valence-corrected chi connectivity index (χ2v) is 4.53. The van der Waals surface area contributed by atoms with Gasteiger partial charge in [-0.05, 0) is 31.0 Å². The third-order valence-corrected chi connectivity index (χ3v) is 3.14. The van der Waals surface area contributed by atoms with Crippen LogP contribution in [0.15, 0.2) is 29.4 Å². The minimum atomic E-state index is -0.906. The van der Waals surface area contributed by atoms with Crippen LogP contribution in [0.1, 0.15) is 25.8 Å². The highest BCUT2D eigenvalue weighted by Crippen LogP contribution is 2.20. The summed E-state index contributed by atoms with van der Waals surface area (Å²) in [5.74, 6) is -0.746. The monoisotopic (exact) mass is 263 g/mol. The summed E-state index contributed by atoms with van der Waals surface area (Å²) in [6.07, 6.45) is 1.83. The Kier molecular flexibility index (Phi) is 3.33. The summed E-state index contributed by atoms with van der Waals surface area (Å²) in [5.41, 5.74) is -0.302. The largest absolute Gasteiger partial charge is 0.346 e. The minimum absolute atomic E-state index is 0.356. The average Bonchev–Trinajstić information content (AvgIpc) is 2.61. The van der Waals surface area contributed by atoms with Gasteiger partial charge in [0.1, 0.15) is 11.4 Å². The lowest BCUT2D eigenvalue weighted by atomic mass is 10.00. The molecule has 3 amide bonds. The molecular weight excluding hydrogens is 249 g/mol. The van der Waals surface area contributed by atoms with E-state index in [2.05, 4.69) is 10.4 Å². The number of rotatable bonds is 3. The van der Waals surface area contributed by atoms with Crippen molar-refractivity contribution in [1.29, 1.82) is 0 Å². The van der Waals surface area contributed by atoms with Gasteiger partial charge < -0.3 is 5.32 Å². The van der Waals surface area contributed by atoms with Gasteiger partial charge in [0.15, 0.2) is 0 Å². The number of amides is 3. The SMILES string of the molecule is CCC1(C)NC(=O)N(/N=C/c2ccc(F)cc2)C1=O. The van der Waals surface area contributed by atoms with Crippen molar-refractivity contribution in [2.24, 2.45) is 5.10 Å². The second-order valence-electron chi connectivity index (χ2n) is 4.53. The highest BCUT2D eigenvalue weighted by molar-refractivity contribution is 6.07. The number of nitrogens with zero attached hydrogens (tertiary/aromatic N) is 2. The molecule has 0 radical (unpaired) electrons. The normalized spacial score (nSPS) is 23.2. The summed E-state index contributed by atoms with van der Waals surface area (Å²) in [6.45, 7) is 3.46. The number of imide groups is 1. The molecule has 1 aliphatic heterocycles. The lowest BCUT2D eigenvalue weighted by Crippen LogP contribution is -2.42. The number of urea groups is 1. The van der Waals surface area contributed by atoms with E-state index in [-0.39, 0.29) is 5.82 Å². The standard InChI is InChI=1S/C13H14FN3O2/c1-3-13(2)11(18)17(12(19)16-13)15-8-9-4-6-10(14)7-5-9/h4-8H,3H2,1-2H3,(H,16,19)/b15-8+. The van der Waals surface area contributed by atoms with Crippen molar-refractivity contribution < 1.29 is 14.0 Å². The molecule has 19 heavy (non-hydrogen) atoms. The topological polar surface area (TPSA) is 61.8 Å². The van der Waals surface area contributed by atoms with Crippen LogP contribution in [0.5, 0.6) is 0 Å². The highest BCUT2D eigenvalue weighted by Gasteiger charge is 2.46. The van der Waals surface area contributed by atoms with E-state index in [9.17, 15) is 14.0 Å². The van der Waals surface area contributed by atoms with Gasteiger partial charge in [-0.25, -0.2) is 9.18 Å². The Morgan fingerprint density at radius 1 is 1.37 bits per heavy atom. The average molecular weight is 263 g/mol. The summed E-state index contributed by atoms with van der Waals surface area (Å²) in [4.78, 5) is 23.7. The first-order valence-electron chi connectivity index (χ1n) is 5.92. The Balaban J connectivity index is 2.17. The van der Waals surface area contributed by atoms with Crippen LogP contribution in [0, 0.1) is 5.82 Å². The lowest BCUT2D eigenvalue weighted by Gasteiger charge is -2.17. The first kappa shape index (κ1) is 13.2. The number of hydrazone groups is 1. The van der Waals surface area contributed by atoms with E-state index >= 15 is 0 Å². The van der Waals surface area contributed by atoms with Crippen molar-refractivity contribution in [3.8, 4) is 0 Å². The van der Waals surface area contributed by atoms with E-state index in [1.807, 2.05) is 6.92 Å². The fourth-order valence-electron chi connectivity index (χ4n) is 1.69. The molecule has 1 N–H and O–H groups in total. The number of hydrogen-bond acceptors (Lipinski definition) is 3. The lowest BCUT2D eigenvalue weighted by molar-refractivity contribution is -0.130. The maximum absolute atomic E-state index is 12.7. The number of halogens is 1. The van der Waals surface area contributed by atoms with E-state index in [0.29, 0.717) is 12.0 Å². The molecule has 1 heterocycles. The first-order chi connectivity index (χ1) is 8.96. The molecule has 0 bridgehead atoms. The zero-order valence-electron chi connectivity index (χ0n) is 10.7. The Hall–Kier alpha value is -2.24. The third-order valence-electron chi connectivity index (χ3n) is 3.14. The molecule has 1 atom stereocenters. The van der Waals surface area contributed by atoms with Crippen LogP contribution in [0.3, 0.4) is 0 Å². The molecule has 1 fully saturated rings. The van der Waals surface area contributed by atoms with Gasteiger partial charge >= 0.3 is 6.03 Å². The highest BCUT2D eigenvalue weighted by atomic mass is 19.1. The molecular formula is C13H14FN3O2. The predicted molar refractivity (Wildman–Crippen MR) is 68.1 cm³/mol. The van der Waals surface area contributed by atoms with Crippen LogP contribution < -0.4 is 5.32 Å². The molecule has 1 aliphatic rings. The molecule has 6 heteroatoms. The Bertz CT molecular complexity index is 541. The van der Waals surface area contributed by atoms with Gasteiger partial charge in [0, 0.05) is 0 Å². The van der Waals surface area contributed by atoms with Crippen LogP contribution in [0.2, 0.25) is 0 Å². The molecule has 0 aliphatic carbocycles. The molecule has 5 nitrogen and oxygen atoms in total. The van der Waals surface area contributed by atoms with Gasteiger partial charge in [0.05, 0.1) is 6.21 Å². The number of benzene rings is 1. The van der Waals surface area contributed by atoms with Gasteiger partial charge in [-0.3, -0.25) is 4.79 Å². The maximum Gasteiger partial charge on any atom is 0.346 e. The van der Waals surface area contributed by atoms with Crippen LogP contribution >= 0.6 is 0 Å². The molecule has 100 valence electrons. The zero-order valence-corrected chi connectivity index (χ0v) is 10.7. The van der Waals surface area contributed by atoms with E-state index in [0.717, 1.165) is 5.01 Å². The van der Waals surface area contributed by atoms with Gasteiger partial charge in [-0.1, -0.05) is 19.1 Å². The number of hydrogen-bond donors (Lipinski definition) is 1. The Morgan fingerprint density at radius 3 is 2.53 bits per heavy atom. The number of carbonyl (C=O) groups is 2. The van der Waals surface area contributed by atoms with Crippen molar-refractivity contribution in [1.82, 2.24) is 10.3 Å². The summed E-state index contributed by atoms with van der Waals surface area (Å²) < 4.78 is 12.7. The minimum Gasteiger partial charge on any atom is -0.322 e. The van der Waals surface area contributed by atoms with E-state index in [1.54, 1.807) is 6.92 Å². The van der Waals surface area contributed by atoms with Crippen molar-refractivity contribution in [2.45, 2.75) is 25.8 Å². The van der Waals surface area contributed by atoms with Crippen molar-refractivity contribution in [3.05, 3.63) is 35.6 Å². The van der Waals surface area contributed by atoms with Gasteiger partial charge in [-0.2, -0.15) is 5.10 Å². The van der Waals surface area contributed by atoms with Gasteiger partial charge in [-0.15, -0.1) is 5.01 Å². The molecule has 1 saturated heterocycles. The van der Waals surface area contributed by atoms with Gasteiger partial charge in [0.2, 0.25) is 0 Å². The molecule has 1 unspecified atom stereocenters. The predicted octanol–water partition coefficient (Wildman–Crippen LogP) is 1.88. The summed E-state index contributed by atoms with van der Waals surface area (Å²) >= 11 is 0.